The lowest BCUT2D eigenvalue weighted by atomic mass is 9.87. The minimum absolute atomic E-state index is 0.187. The summed E-state index contributed by atoms with van der Waals surface area (Å²) in [4.78, 5) is 23.3. The minimum atomic E-state index is -0.867. The van der Waals surface area contributed by atoms with E-state index < -0.39 is 23.7 Å². The summed E-state index contributed by atoms with van der Waals surface area (Å²) in [5, 5.41) is 14.6. The van der Waals surface area contributed by atoms with Crippen LogP contribution in [-0.4, -0.2) is 29.6 Å². The van der Waals surface area contributed by atoms with E-state index in [4.69, 9.17) is 0 Å². The van der Waals surface area contributed by atoms with Crippen LogP contribution in [0.5, 0.6) is 0 Å². The van der Waals surface area contributed by atoms with Crippen LogP contribution in [0, 0.1) is 18.2 Å². The molecule has 0 saturated carbocycles. The van der Waals surface area contributed by atoms with Crippen molar-refractivity contribution in [3.8, 4) is 0 Å². The van der Waals surface area contributed by atoms with Gasteiger partial charge in [-0.1, -0.05) is 26.8 Å². The fourth-order valence-corrected chi connectivity index (χ4v) is 1.69. The number of aliphatic hydroxyl groups excluding tert-OH is 1. The van der Waals surface area contributed by atoms with Crippen molar-refractivity contribution < 1.29 is 19.1 Å². The maximum absolute atomic E-state index is 13.4. The van der Waals surface area contributed by atoms with Gasteiger partial charge in [-0.3, -0.25) is 9.59 Å². The number of nitrogens with one attached hydrogen (secondary N) is 2. The zero-order chi connectivity index (χ0) is 16.9. The highest BCUT2D eigenvalue weighted by Gasteiger charge is 2.22. The van der Waals surface area contributed by atoms with Gasteiger partial charge in [-0.15, -0.1) is 0 Å². The standard InChI is InChI=1S/C16H23FN2O3/c1-10-5-6-11(9-12(10)17)19-15(22)14(21)18-8-7-13(20)16(2,3)4/h5-6,9,13,20H,7-8H2,1-4H3,(H,18,21)(H,19,22). The number of anilines is 1. The first-order chi connectivity index (χ1) is 10.1. The van der Waals surface area contributed by atoms with Gasteiger partial charge >= 0.3 is 11.8 Å². The molecule has 0 aliphatic carbocycles. The van der Waals surface area contributed by atoms with Crippen LogP contribution in [0.3, 0.4) is 0 Å². The molecule has 6 heteroatoms. The number of carbonyl (C=O) groups excluding carboxylic acids is 2. The molecule has 0 fully saturated rings. The van der Waals surface area contributed by atoms with Crippen LogP contribution in [0.4, 0.5) is 10.1 Å². The molecule has 0 bridgehead atoms. The molecule has 5 nitrogen and oxygen atoms in total. The third-order valence-corrected chi connectivity index (χ3v) is 3.34. The highest BCUT2D eigenvalue weighted by atomic mass is 19.1. The van der Waals surface area contributed by atoms with E-state index in [9.17, 15) is 19.1 Å². The normalized spacial score (nSPS) is 12.6. The quantitative estimate of drug-likeness (QED) is 0.744. The van der Waals surface area contributed by atoms with Gasteiger partial charge in [-0.05, 0) is 36.5 Å². The van der Waals surface area contributed by atoms with Crippen molar-refractivity contribution in [2.24, 2.45) is 5.41 Å². The van der Waals surface area contributed by atoms with Crippen LogP contribution in [0.15, 0.2) is 18.2 Å². The van der Waals surface area contributed by atoms with Gasteiger partial charge in [0.15, 0.2) is 0 Å². The summed E-state index contributed by atoms with van der Waals surface area (Å²) in [7, 11) is 0. The highest BCUT2D eigenvalue weighted by Crippen LogP contribution is 2.20. The van der Waals surface area contributed by atoms with E-state index in [2.05, 4.69) is 10.6 Å². The summed E-state index contributed by atoms with van der Waals surface area (Å²) >= 11 is 0. The largest absolute Gasteiger partial charge is 0.393 e. The summed E-state index contributed by atoms with van der Waals surface area (Å²) in [6, 6.07) is 4.19. The summed E-state index contributed by atoms with van der Waals surface area (Å²) in [6.07, 6.45) is -0.233. The molecule has 0 aromatic heterocycles. The second kappa shape index (κ2) is 7.35. The average Bonchev–Trinajstić information content (AvgIpc) is 2.41. The number of hydrogen-bond donors (Lipinski definition) is 3. The smallest absolute Gasteiger partial charge is 0.313 e. The molecule has 1 aromatic rings. The number of carbonyl (C=O) groups is 2. The molecule has 2 amide bonds. The van der Waals surface area contributed by atoms with Gasteiger partial charge in [0, 0.05) is 12.2 Å². The lowest BCUT2D eigenvalue weighted by Gasteiger charge is -2.25. The van der Waals surface area contributed by atoms with Gasteiger partial charge in [0.25, 0.3) is 0 Å². The second-order valence-electron chi connectivity index (χ2n) is 6.34. The predicted molar refractivity (Wildman–Crippen MR) is 82.9 cm³/mol. The van der Waals surface area contributed by atoms with Crippen LogP contribution < -0.4 is 10.6 Å². The lowest BCUT2D eigenvalue weighted by molar-refractivity contribution is -0.136. The molecule has 122 valence electrons. The monoisotopic (exact) mass is 310 g/mol. The highest BCUT2D eigenvalue weighted by molar-refractivity contribution is 6.39. The van der Waals surface area contributed by atoms with E-state index in [1.807, 2.05) is 20.8 Å². The molecule has 0 spiro atoms. The Balaban J connectivity index is 2.45. The number of benzene rings is 1. The van der Waals surface area contributed by atoms with Crippen LogP contribution >= 0.6 is 0 Å². The number of aryl methyl sites for hydroxylation is 1. The Morgan fingerprint density at radius 3 is 2.45 bits per heavy atom. The molecule has 0 aliphatic rings. The van der Waals surface area contributed by atoms with Crippen molar-refractivity contribution in [1.82, 2.24) is 5.32 Å². The number of hydrogen-bond acceptors (Lipinski definition) is 3. The predicted octanol–water partition coefficient (Wildman–Crippen LogP) is 1.99. The number of amides is 2. The van der Waals surface area contributed by atoms with Crippen molar-refractivity contribution in [1.29, 1.82) is 0 Å². The van der Waals surface area contributed by atoms with Crippen molar-refractivity contribution >= 4 is 17.5 Å². The van der Waals surface area contributed by atoms with E-state index in [0.29, 0.717) is 12.0 Å². The molecule has 1 unspecified atom stereocenters. The zero-order valence-electron chi connectivity index (χ0n) is 13.4. The Morgan fingerprint density at radius 1 is 1.27 bits per heavy atom. The number of halogens is 1. The first-order valence-corrected chi connectivity index (χ1v) is 7.14. The third-order valence-electron chi connectivity index (χ3n) is 3.34. The molecule has 3 N–H and O–H groups in total. The Hall–Kier alpha value is -1.95. The lowest BCUT2D eigenvalue weighted by Crippen LogP contribution is -2.38. The first kappa shape index (κ1) is 18.1. The molecule has 0 saturated heterocycles. The summed E-state index contributed by atoms with van der Waals surface area (Å²) in [5.41, 5.74) is 0.392. The molecule has 0 radical (unpaired) electrons. The molecule has 22 heavy (non-hydrogen) atoms. The Morgan fingerprint density at radius 2 is 1.91 bits per heavy atom. The van der Waals surface area contributed by atoms with E-state index in [1.165, 1.54) is 12.1 Å². The van der Waals surface area contributed by atoms with Gasteiger partial charge in [0.05, 0.1) is 6.10 Å². The van der Waals surface area contributed by atoms with E-state index in [-0.39, 0.29) is 17.6 Å². The van der Waals surface area contributed by atoms with Crippen LogP contribution in [0.1, 0.15) is 32.8 Å². The van der Waals surface area contributed by atoms with Crippen molar-refractivity contribution in [2.75, 3.05) is 11.9 Å². The number of rotatable bonds is 4. The Bertz CT molecular complexity index is 553. The summed E-state index contributed by atoms with van der Waals surface area (Å²) in [5.74, 6) is -2.14. The Kier molecular flexibility index (Phi) is 6.05. The maximum Gasteiger partial charge on any atom is 0.313 e. The first-order valence-electron chi connectivity index (χ1n) is 7.14. The molecule has 1 aromatic carbocycles. The van der Waals surface area contributed by atoms with Crippen molar-refractivity contribution in [3.05, 3.63) is 29.6 Å². The van der Waals surface area contributed by atoms with Crippen molar-refractivity contribution in [3.63, 3.8) is 0 Å². The molecule has 1 atom stereocenters. The van der Waals surface area contributed by atoms with Gasteiger partial charge in [0.1, 0.15) is 5.82 Å². The van der Waals surface area contributed by atoms with E-state index in [0.717, 1.165) is 6.07 Å². The van der Waals surface area contributed by atoms with Gasteiger partial charge in [-0.25, -0.2) is 4.39 Å². The maximum atomic E-state index is 13.4. The second-order valence-corrected chi connectivity index (χ2v) is 6.34. The van der Waals surface area contributed by atoms with Crippen LogP contribution in [0.25, 0.3) is 0 Å². The molecule has 0 aliphatic heterocycles. The van der Waals surface area contributed by atoms with Crippen LogP contribution in [0.2, 0.25) is 0 Å². The van der Waals surface area contributed by atoms with Crippen molar-refractivity contribution in [2.45, 2.75) is 40.2 Å². The van der Waals surface area contributed by atoms with E-state index in [1.54, 1.807) is 6.92 Å². The van der Waals surface area contributed by atoms with Gasteiger partial charge in [-0.2, -0.15) is 0 Å². The van der Waals surface area contributed by atoms with E-state index >= 15 is 0 Å². The Labute approximate surface area is 129 Å². The number of aliphatic hydroxyl groups is 1. The fourth-order valence-electron chi connectivity index (χ4n) is 1.69. The molecule has 1 rings (SSSR count). The van der Waals surface area contributed by atoms with Gasteiger partial charge in [0.2, 0.25) is 0 Å². The molecule has 0 heterocycles. The summed E-state index contributed by atoms with van der Waals surface area (Å²) in [6.45, 7) is 7.45. The third kappa shape index (κ3) is 5.44. The topological polar surface area (TPSA) is 78.4 Å². The molecular formula is C16H23FN2O3. The fraction of sp³-hybridized carbons (Fsp3) is 0.500. The SMILES string of the molecule is Cc1ccc(NC(=O)C(=O)NCCC(O)C(C)(C)C)cc1F. The summed E-state index contributed by atoms with van der Waals surface area (Å²) < 4.78 is 13.4. The zero-order valence-corrected chi connectivity index (χ0v) is 13.4. The average molecular weight is 310 g/mol. The minimum Gasteiger partial charge on any atom is -0.393 e. The van der Waals surface area contributed by atoms with Gasteiger partial charge < -0.3 is 15.7 Å². The molecular weight excluding hydrogens is 287 g/mol. The van der Waals surface area contributed by atoms with Crippen LogP contribution in [-0.2, 0) is 9.59 Å².